The van der Waals surface area contributed by atoms with E-state index in [1.54, 1.807) is 0 Å². The average Bonchev–Trinajstić information content (AvgIpc) is 0.938. The number of fused-ring (bicyclic) bond motifs is 13. The number of para-hydroxylation sites is 1. The van der Waals surface area contributed by atoms with E-state index in [0.717, 1.165) is 123 Å². The van der Waals surface area contributed by atoms with Crippen LogP contribution in [0.25, 0.3) is 154 Å². The molecule has 20 aromatic rings. The number of rotatable bonds is 11. The van der Waals surface area contributed by atoms with Gasteiger partial charge in [-0.3, -0.25) is 0 Å². The van der Waals surface area contributed by atoms with Crippen LogP contribution in [0.2, 0.25) is 0 Å². The summed E-state index contributed by atoms with van der Waals surface area (Å²) in [5.74, 6) is 0. The number of aromatic nitrogens is 2. The van der Waals surface area contributed by atoms with Crippen molar-refractivity contribution in [1.29, 1.82) is 0 Å². The summed E-state index contributed by atoms with van der Waals surface area (Å²) in [6, 6.07) is 147. The quantitative estimate of drug-likeness (QED) is 0.0948. The van der Waals surface area contributed by atoms with Crippen LogP contribution in [0.5, 0.6) is 0 Å². The molecule has 22 rings (SSSR count). The van der Waals surface area contributed by atoms with Crippen LogP contribution in [0.4, 0.5) is 34.1 Å². The molecule has 4 nitrogen and oxygen atoms in total. The summed E-state index contributed by atoms with van der Waals surface area (Å²) in [6.45, 7) is 27.8. The molecule has 18 aromatic carbocycles. The molecule has 602 valence electrons. The van der Waals surface area contributed by atoms with E-state index in [1.165, 1.54) is 104 Å². The Balaban J connectivity index is 0.921. The highest BCUT2D eigenvalue weighted by Crippen LogP contribution is 2.57. The minimum absolute atomic E-state index is 0.0969. The minimum atomic E-state index is -0.331. The lowest BCUT2D eigenvalue weighted by molar-refractivity contribution is 0.590. The highest BCUT2D eigenvalue weighted by molar-refractivity contribution is 7.00. The van der Waals surface area contributed by atoms with Gasteiger partial charge in [-0.2, -0.15) is 0 Å². The van der Waals surface area contributed by atoms with Gasteiger partial charge >= 0.3 is 0 Å². The summed E-state index contributed by atoms with van der Waals surface area (Å²) < 4.78 is 5.14. The molecule has 2 aromatic heterocycles. The van der Waals surface area contributed by atoms with Crippen molar-refractivity contribution in [2.75, 3.05) is 9.80 Å². The molecule has 0 atom stereocenters. The second-order valence-electron chi connectivity index (χ2n) is 38.8. The fourth-order valence-electron chi connectivity index (χ4n) is 20.3. The van der Waals surface area contributed by atoms with Crippen molar-refractivity contribution in [3.8, 4) is 89.3 Å². The molecule has 0 spiro atoms. The number of benzene rings is 18. The Labute approximate surface area is 734 Å². The number of anilines is 6. The summed E-state index contributed by atoms with van der Waals surface area (Å²) in [7, 11) is 0. The van der Waals surface area contributed by atoms with Crippen molar-refractivity contribution < 1.29 is 0 Å². The smallest absolute Gasteiger partial charge is 0.252 e. The van der Waals surface area contributed by atoms with Crippen molar-refractivity contribution in [3.05, 3.63) is 404 Å². The van der Waals surface area contributed by atoms with Gasteiger partial charge in [-0.05, 0) is 241 Å². The van der Waals surface area contributed by atoms with Crippen LogP contribution in [0.1, 0.15) is 105 Å². The van der Waals surface area contributed by atoms with Crippen molar-refractivity contribution >= 4 is 122 Å². The Hall–Kier alpha value is -14.3. The molecule has 0 saturated heterocycles. The van der Waals surface area contributed by atoms with Gasteiger partial charge in [0.15, 0.2) is 0 Å². The second-order valence-corrected chi connectivity index (χ2v) is 38.8. The Bertz CT molecular complexity index is 7660. The van der Waals surface area contributed by atoms with Crippen molar-refractivity contribution in [3.63, 3.8) is 0 Å². The molecule has 0 unspecified atom stereocenters. The molecular formula is C120H99BN4. The largest absolute Gasteiger partial charge is 0.310 e. The maximum atomic E-state index is 2.76. The zero-order chi connectivity index (χ0) is 85.1. The molecule has 2 aliphatic heterocycles. The lowest BCUT2D eigenvalue weighted by atomic mass is 9.33. The van der Waals surface area contributed by atoms with E-state index in [2.05, 4.69) is 484 Å². The second kappa shape index (κ2) is 29.2. The third kappa shape index (κ3) is 12.9. The fraction of sp³-hybridized carbons (Fsp3) is 0.133. The Morgan fingerprint density at radius 1 is 0.200 bits per heavy atom. The first-order valence-electron chi connectivity index (χ1n) is 44.4. The van der Waals surface area contributed by atoms with Gasteiger partial charge in [0.05, 0.1) is 33.4 Å². The van der Waals surface area contributed by atoms with Gasteiger partial charge in [-0.15, -0.1) is 0 Å². The average molecular weight is 1610 g/mol. The van der Waals surface area contributed by atoms with Crippen LogP contribution in [0, 0.1) is 0 Å². The Morgan fingerprint density at radius 2 is 0.560 bits per heavy atom. The first-order valence-corrected chi connectivity index (χ1v) is 44.4. The number of hydrogen-bond acceptors (Lipinski definition) is 2. The molecule has 2 aliphatic rings. The highest BCUT2D eigenvalue weighted by atomic mass is 15.2. The van der Waals surface area contributed by atoms with Crippen molar-refractivity contribution in [2.45, 2.75) is 105 Å². The SMILES string of the molecule is CC(C)(C)c1ccc(-c2cc3c4c(c2)N(c2c(-c5ccccc5)cccc2-c2cc5ccccc5c5ccccc25)c2cc(-n5c6ccc(-c7ccccc7)cc6c6cc(C(C)(C)C)ccc65)ccc2B4c2ccc(-n4c5ccc(-c6ccccc6)cc5c5cc(C(C)(C)C)ccc54)cc2N3c2c(-c3ccccc3)cc(C(C)(C)C)cc2-c2ccccc2)cc1. The molecule has 0 radical (unpaired) electrons. The Kier molecular flexibility index (Phi) is 18.0. The third-order valence-electron chi connectivity index (χ3n) is 26.9. The van der Waals surface area contributed by atoms with E-state index in [4.69, 9.17) is 0 Å². The lowest BCUT2D eigenvalue weighted by Crippen LogP contribution is -2.61. The number of nitrogens with zero attached hydrogens (tertiary/aromatic N) is 4. The lowest BCUT2D eigenvalue weighted by Gasteiger charge is -2.46. The molecule has 4 heterocycles. The van der Waals surface area contributed by atoms with Crippen LogP contribution in [0.3, 0.4) is 0 Å². The molecular weight excluding hydrogens is 1510 g/mol. The molecule has 0 saturated carbocycles. The molecule has 0 bridgehead atoms. The molecule has 0 aliphatic carbocycles. The summed E-state index contributed by atoms with van der Waals surface area (Å²) in [4.78, 5) is 5.51. The molecule has 0 fully saturated rings. The maximum Gasteiger partial charge on any atom is 0.252 e. The molecule has 125 heavy (non-hydrogen) atoms. The number of hydrogen-bond donors (Lipinski definition) is 0. The first-order chi connectivity index (χ1) is 60.5. The van der Waals surface area contributed by atoms with Crippen LogP contribution in [0.15, 0.2) is 382 Å². The summed E-state index contributed by atoms with van der Waals surface area (Å²) in [5, 5.41) is 9.71. The van der Waals surface area contributed by atoms with E-state index in [-0.39, 0.29) is 28.4 Å². The van der Waals surface area contributed by atoms with E-state index in [1.807, 2.05) is 0 Å². The highest BCUT2D eigenvalue weighted by Gasteiger charge is 2.47. The van der Waals surface area contributed by atoms with Crippen LogP contribution >= 0.6 is 0 Å². The van der Waals surface area contributed by atoms with Gasteiger partial charge in [-0.1, -0.05) is 362 Å². The zero-order valence-corrected chi connectivity index (χ0v) is 73.2. The zero-order valence-electron chi connectivity index (χ0n) is 73.2. The van der Waals surface area contributed by atoms with Gasteiger partial charge < -0.3 is 18.9 Å². The van der Waals surface area contributed by atoms with Gasteiger partial charge in [-0.25, -0.2) is 0 Å². The fourth-order valence-corrected chi connectivity index (χ4v) is 20.3. The van der Waals surface area contributed by atoms with E-state index in [9.17, 15) is 0 Å². The maximum absolute atomic E-state index is 2.76. The monoisotopic (exact) mass is 1610 g/mol. The van der Waals surface area contributed by atoms with Gasteiger partial charge in [0, 0.05) is 77.9 Å². The van der Waals surface area contributed by atoms with E-state index in [0.29, 0.717) is 0 Å². The first kappa shape index (κ1) is 76.8. The summed E-state index contributed by atoms with van der Waals surface area (Å²) in [6.07, 6.45) is 0. The van der Waals surface area contributed by atoms with Crippen LogP contribution in [-0.4, -0.2) is 15.8 Å². The summed E-state index contributed by atoms with van der Waals surface area (Å²) >= 11 is 0. The van der Waals surface area contributed by atoms with E-state index >= 15 is 0 Å². The predicted molar refractivity (Wildman–Crippen MR) is 537 cm³/mol. The van der Waals surface area contributed by atoms with Crippen molar-refractivity contribution in [2.24, 2.45) is 0 Å². The van der Waals surface area contributed by atoms with E-state index < -0.39 is 0 Å². The predicted octanol–water partition coefficient (Wildman–Crippen LogP) is 31.1. The van der Waals surface area contributed by atoms with Crippen molar-refractivity contribution in [1.82, 2.24) is 9.13 Å². The minimum Gasteiger partial charge on any atom is -0.310 e. The van der Waals surface area contributed by atoms with Gasteiger partial charge in [0.25, 0.3) is 6.71 Å². The van der Waals surface area contributed by atoms with Gasteiger partial charge in [0.1, 0.15) is 0 Å². The van der Waals surface area contributed by atoms with Crippen LogP contribution < -0.4 is 26.2 Å². The normalized spacial score (nSPS) is 12.9. The molecule has 0 amide bonds. The standard InChI is InChI=1S/C120H99BN4/c1-117(2,3)86-53-49-78(50-54-86)85-68-112-114-113(69-85)125(116-97(80-39-24-16-25-40-80)72-89(120(10,11)12)73-98(116)81-41-26-17-27-42-81)111-75-91(123-107-62-52-83(77-35-20-14-21-36-77)66-101(107)103-71-88(119(7,8)9)56-64-109(103)123)58-60-105(111)121(114)104-59-57-90(122-106-61-51-82(76-33-18-13-19-34-76)65-100(106)102-70-87(118(4,5)6)55-63-108(102)122)74-110(104)124(112)115-93(79-37-22-15-23-38-79)47-32-48-96(115)99-67-84-43-28-29-44-92(84)94-45-30-31-46-95(94)99/h13-75H,1-12H3. The molecule has 0 N–H and O–H groups in total. The third-order valence-corrected chi connectivity index (χ3v) is 26.9. The summed E-state index contributed by atoms with van der Waals surface area (Å²) in [5.41, 5.74) is 37.7. The topological polar surface area (TPSA) is 16.3 Å². The van der Waals surface area contributed by atoms with Gasteiger partial charge in [0.2, 0.25) is 0 Å². The van der Waals surface area contributed by atoms with Crippen LogP contribution in [-0.2, 0) is 21.7 Å². The Morgan fingerprint density at radius 3 is 1.02 bits per heavy atom. The molecule has 5 heteroatoms.